The number of benzene rings is 3. The molecule has 0 amide bonds. The molecule has 4 N–H and O–H groups in total. The van der Waals surface area contributed by atoms with E-state index >= 15 is 0 Å². The van der Waals surface area contributed by atoms with E-state index in [0.29, 0.717) is 85.0 Å². The van der Waals surface area contributed by atoms with Crippen molar-refractivity contribution in [3.05, 3.63) is 184 Å². The largest absolute Gasteiger partial charge is 0.384 e. The van der Waals surface area contributed by atoms with Crippen molar-refractivity contribution in [3.8, 4) is 33.8 Å². The van der Waals surface area contributed by atoms with Gasteiger partial charge in [-0.2, -0.15) is 0 Å². The van der Waals surface area contributed by atoms with Crippen molar-refractivity contribution in [2.24, 2.45) is 0 Å². The maximum atomic E-state index is 14.9. The first-order valence-corrected chi connectivity index (χ1v) is 36.7. The Morgan fingerprint density at radius 3 is 1.04 bits per heavy atom. The van der Waals surface area contributed by atoms with Gasteiger partial charge in [-0.3, -0.25) is 0 Å². The SMILES string of the molecule is CC1CCc2nc3c(F)cc(-c4nc(Cl)ncc4F)cc3n21.CC1CCc2nc3c(F)cc(-c4nc(Nc5ccc(C6CCN(C)CC6)cn5)ncc4F)cc3n21.CC1CCc2nc3c(F)cc(-c4nc(Nc5ccc(C6CCN(C)CC6)cn5)ncc4F)cc3n21.CN1CCC(c2ccc(N)nc2)CC1. The van der Waals surface area contributed by atoms with Crippen LogP contribution >= 0.6 is 11.6 Å². The van der Waals surface area contributed by atoms with Gasteiger partial charge in [-0.05, 0) is 240 Å². The number of rotatable bonds is 10. The first-order chi connectivity index (χ1) is 51.2. The number of piperidine rings is 3. The quantitative estimate of drug-likeness (QED) is 0.0854. The van der Waals surface area contributed by atoms with Gasteiger partial charge in [0, 0.05) is 72.7 Å². The highest BCUT2D eigenvalue weighted by Crippen LogP contribution is 2.40. The molecule has 21 nitrogen and oxygen atoms in total. The van der Waals surface area contributed by atoms with Crippen molar-refractivity contribution in [2.75, 3.05) is 76.8 Å². The van der Waals surface area contributed by atoms with Crippen molar-refractivity contribution in [1.82, 2.24) is 88.2 Å². The number of nitrogens with one attached hydrogen (secondary N) is 2. The minimum atomic E-state index is -0.641. The predicted molar refractivity (Wildman–Crippen MR) is 398 cm³/mol. The topological polar surface area (TPSA) is 229 Å². The average Bonchev–Trinajstić information content (AvgIpc) is 1.60. The van der Waals surface area contributed by atoms with Crippen molar-refractivity contribution in [1.29, 1.82) is 0 Å². The normalized spacial score (nSPS) is 18.6. The van der Waals surface area contributed by atoms with Crippen LogP contribution in [0.1, 0.15) is 149 Å². The molecule has 9 aromatic heterocycles. The molecule has 3 atom stereocenters. The number of fused-ring (bicyclic) bond motifs is 9. The number of nitrogen functional groups attached to an aromatic ring is 1. The fourth-order valence-electron chi connectivity index (χ4n) is 15.6. The van der Waals surface area contributed by atoms with Gasteiger partial charge in [-0.1, -0.05) is 18.2 Å². The summed E-state index contributed by atoms with van der Waals surface area (Å²) >= 11 is 5.72. The summed E-state index contributed by atoms with van der Waals surface area (Å²) < 4.78 is 93.8. The number of imidazole rings is 3. The first-order valence-electron chi connectivity index (χ1n) is 36.3. The molecule has 0 radical (unpaired) electrons. The average molecular weight is 1460 g/mol. The number of hydrogen-bond donors (Lipinski definition) is 3. The molecule has 0 aliphatic carbocycles. The lowest BCUT2D eigenvalue weighted by Gasteiger charge is -2.29. The highest BCUT2D eigenvalue weighted by Gasteiger charge is 2.30. The van der Waals surface area contributed by atoms with Crippen molar-refractivity contribution in [3.63, 3.8) is 0 Å². The summed E-state index contributed by atoms with van der Waals surface area (Å²) in [5, 5.41) is 6.03. The van der Waals surface area contributed by atoms with E-state index in [2.05, 4.69) is 145 Å². The van der Waals surface area contributed by atoms with Crippen LogP contribution in [-0.2, 0) is 19.3 Å². The predicted octanol–water partition coefficient (Wildman–Crippen LogP) is 15.9. The van der Waals surface area contributed by atoms with Gasteiger partial charge in [0.2, 0.25) is 17.2 Å². The molecule has 0 spiro atoms. The van der Waals surface area contributed by atoms with Crippen LogP contribution in [0.15, 0.2) is 110 Å². The second kappa shape index (κ2) is 30.4. The van der Waals surface area contributed by atoms with Gasteiger partial charge in [-0.15, -0.1) is 0 Å². The molecule has 6 aliphatic heterocycles. The Hall–Kier alpha value is -10.1. The minimum absolute atomic E-state index is 0.0120. The third-order valence-electron chi connectivity index (χ3n) is 21.6. The molecule has 12 aromatic rings. The molecule has 548 valence electrons. The lowest BCUT2D eigenvalue weighted by molar-refractivity contribution is 0.255. The summed E-state index contributed by atoms with van der Waals surface area (Å²) in [6.45, 7) is 13.0. The number of pyridine rings is 3. The van der Waals surface area contributed by atoms with Crippen LogP contribution in [0, 0.1) is 34.9 Å². The standard InChI is InChI=1S/2C26H27F2N7.C15H11ClF2N4.C11H17N3/c2*1-15-3-6-23-32-25-19(27)11-18(12-21(25)35(15)23)24-20(28)14-30-26(33-24)31-22-5-4-17(13-29-22)16-7-9-34(2)10-8-16;1-7-2-3-12-20-14-9(17)4-8(5-11(14)22(7)12)13-10(18)6-19-15(16)21-13;1-14-6-4-9(5-7-14)10-2-3-11(12)13-8-10/h2*4-5,11-16H,3,6-10H2,1-2H3,(H,29,30,31,33);4-7H,2-3H2,1H3;2-3,8-9H,4-7H2,1H3,(H2,12,13). The summed E-state index contributed by atoms with van der Waals surface area (Å²) in [5.74, 6) is 3.13. The summed E-state index contributed by atoms with van der Waals surface area (Å²) in [6, 6.07) is 21.7. The summed E-state index contributed by atoms with van der Waals surface area (Å²) in [5.41, 5.74) is 13.4. The van der Waals surface area contributed by atoms with Crippen LogP contribution in [0.25, 0.3) is 66.9 Å². The Kier molecular flexibility index (Phi) is 20.5. The molecule has 6 aliphatic rings. The van der Waals surface area contributed by atoms with Crippen LogP contribution in [0.4, 0.5) is 55.7 Å². The Labute approximate surface area is 614 Å². The smallest absolute Gasteiger partial charge is 0.229 e. The van der Waals surface area contributed by atoms with E-state index in [4.69, 9.17) is 17.3 Å². The molecular formula is C78H82ClF6N21. The van der Waals surface area contributed by atoms with E-state index in [0.717, 1.165) is 126 Å². The Bertz CT molecular complexity index is 4970. The van der Waals surface area contributed by atoms with E-state index in [1.807, 2.05) is 50.5 Å². The van der Waals surface area contributed by atoms with E-state index in [-0.39, 0.29) is 52.4 Å². The monoisotopic (exact) mass is 1460 g/mol. The fourth-order valence-corrected chi connectivity index (χ4v) is 15.7. The van der Waals surface area contributed by atoms with Crippen LogP contribution in [0.5, 0.6) is 0 Å². The van der Waals surface area contributed by atoms with Crippen molar-refractivity contribution in [2.45, 2.75) is 134 Å². The number of anilines is 5. The zero-order chi connectivity index (χ0) is 73.6. The third kappa shape index (κ3) is 15.1. The molecule has 3 fully saturated rings. The summed E-state index contributed by atoms with van der Waals surface area (Å²) in [4.78, 5) is 57.8. The third-order valence-corrected chi connectivity index (χ3v) is 21.8. The van der Waals surface area contributed by atoms with E-state index in [1.165, 1.54) is 60.8 Å². The number of aryl methyl sites for hydroxylation is 3. The zero-order valence-corrected chi connectivity index (χ0v) is 60.6. The summed E-state index contributed by atoms with van der Waals surface area (Å²) in [6.07, 6.45) is 21.2. The van der Waals surface area contributed by atoms with Gasteiger partial charge in [-0.25, -0.2) is 86.2 Å². The zero-order valence-electron chi connectivity index (χ0n) is 59.9. The van der Waals surface area contributed by atoms with Gasteiger partial charge < -0.3 is 44.8 Å². The fraction of sp³-hybridized carbons (Fsp3) is 0.385. The molecule has 0 bridgehead atoms. The van der Waals surface area contributed by atoms with Crippen LogP contribution < -0.4 is 16.4 Å². The van der Waals surface area contributed by atoms with Crippen molar-refractivity contribution < 1.29 is 26.3 Å². The van der Waals surface area contributed by atoms with E-state index < -0.39 is 34.9 Å². The van der Waals surface area contributed by atoms with Gasteiger partial charge in [0.25, 0.3) is 0 Å². The second-order valence-corrected chi connectivity index (χ2v) is 29.2. The highest BCUT2D eigenvalue weighted by molar-refractivity contribution is 6.28. The van der Waals surface area contributed by atoms with Gasteiger partial charge in [0.15, 0.2) is 34.9 Å². The van der Waals surface area contributed by atoms with Gasteiger partial charge in [0.05, 0.1) is 35.1 Å². The van der Waals surface area contributed by atoms with E-state index in [9.17, 15) is 26.3 Å². The van der Waals surface area contributed by atoms with Gasteiger partial charge in [0.1, 0.15) is 68.6 Å². The van der Waals surface area contributed by atoms with Crippen LogP contribution in [0.2, 0.25) is 5.28 Å². The number of nitrogens with zero attached hydrogens (tertiary/aromatic N) is 18. The molecular weight excluding hydrogens is 1380 g/mol. The molecule has 3 aromatic carbocycles. The van der Waals surface area contributed by atoms with Crippen molar-refractivity contribution >= 4 is 74.1 Å². The Morgan fingerprint density at radius 2 is 0.708 bits per heavy atom. The number of likely N-dealkylation sites (tertiary alicyclic amines) is 3. The molecule has 28 heteroatoms. The lowest BCUT2D eigenvalue weighted by atomic mass is 9.91. The highest BCUT2D eigenvalue weighted by atomic mass is 35.5. The maximum absolute atomic E-state index is 14.9. The number of nitrogens with two attached hydrogens (primary N) is 1. The van der Waals surface area contributed by atoms with E-state index in [1.54, 1.807) is 18.2 Å². The van der Waals surface area contributed by atoms with Gasteiger partial charge >= 0.3 is 0 Å². The molecule has 0 saturated carbocycles. The Balaban J connectivity index is 0.000000119. The molecule has 18 rings (SSSR count). The molecule has 3 saturated heterocycles. The number of hydrogen-bond acceptors (Lipinski definition) is 18. The van der Waals surface area contributed by atoms with Crippen LogP contribution in [0.3, 0.4) is 0 Å². The van der Waals surface area contributed by atoms with Crippen LogP contribution in [-0.4, -0.2) is 149 Å². The molecule has 15 heterocycles. The lowest BCUT2D eigenvalue weighted by Crippen LogP contribution is -2.29. The molecule has 3 unspecified atom stereocenters. The second-order valence-electron chi connectivity index (χ2n) is 28.9. The number of halogens is 7. The summed E-state index contributed by atoms with van der Waals surface area (Å²) in [7, 11) is 6.47. The first kappa shape index (κ1) is 71.5. The maximum Gasteiger partial charge on any atom is 0.229 e. The molecule has 106 heavy (non-hydrogen) atoms. The Morgan fingerprint density at radius 1 is 0.377 bits per heavy atom. The minimum Gasteiger partial charge on any atom is -0.384 e. The number of aromatic nitrogens is 15.